The van der Waals surface area contributed by atoms with E-state index in [2.05, 4.69) is 13.8 Å². The topological polar surface area (TPSA) is 27.7 Å². The molecule has 0 fully saturated rings. The molecule has 0 saturated carbocycles. The van der Waals surface area contributed by atoms with Crippen molar-refractivity contribution in [3.63, 3.8) is 0 Å². The Hall–Kier alpha value is -0.120. The average Bonchev–Trinajstić information content (AvgIpc) is 2.36. The van der Waals surface area contributed by atoms with Gasteiger partial charge in [-0.3, -0.25) is 0 Å². The van der Waals surface area contributed by atoms with Crippen molar-refractivity contribution in [3.8, 4) is 0 Å². The number of methoxy groups -OCH3 is 3. The maximum Gasteiger partial charge on any atom is 0.284 e. The first-order valence-corrected chi connectivity index (χ1v) is 6.82. The van der Waals surface area contributed by atoms with Crippen LogP contribution in [0.25, 0.3) is 0 Å². The van der Waals surface area contributed by atoms with Crippen LogP contribution >= 0.6 is 0 Å². The molecule has 17 heavy (non-hydrogen) atoms. The Bertz CT molecular complexity index is 159. The molecular weight excluding hydrogens is 216 g/mol. The number of ether oxygens (including phenoxy) is 3. The maximum absolute atomic E-state index is 5.35. The molecule has 3 heteroatoms. The fraction of sp³-hybridized carbons (Fsp3) is 1.00. The van der Waals surface area contributed by atoms with Crippen molar-refractivity contribution >= 4 is 0 Å². The highest BCUT2D eigenvalue weighted by Gasteiger charge is 2.36. The first-order chi connectivity index (χ1) is 8.16. The SMILES string of the molecule is CCCCCCCCC(C)C(OC)(OC)OC. The lowest BCUT2D eigenvalue weighted by atomic mass is 9.99. The fourth-order valence-electron chi connectivity index (χ4n) is 2.26. The van der Waals surface area contributed by atoms with Gasteiger partial charge in [0.05, 0.1) is 0 Å². The summed E-state index contributed by atoms with van der Waals surface area (Å²) >= 11 is 0. The van der Waals surface area contributed by atoms with E-state index in [4.69, 9.17) is 14.2 Å². The number of hydrogen-bond acceptors (Lipinski definition) is 3. The predicted octanol–water partition coefficient (Wildman–Crippen LogP) is 3.97. The highest BCUT2D eigenvalue weighted by Crippen LogP contribution is 2.27. The zero-order valence-electron chi connectivity index (χ0n) is 12.3. The third-order valence-corrected chi connectivity index (χ3v) is 3.45. The maximum atomic E-state index is 5.35. The summed E-state index contributed by atoms with van der Waals surface area (Å²) in [6.07, 6.45) is 8.92. The predicted molar refractivity (Wildman–Crippen MR) is 70.9 cm³/mol. The Morgan fingerprint density at radius 1 is 0.824 bits per heavy atom. The van der Waals surface area contributed by atoms with Crippen LogP contribution in [0.3, 0.4) is 0 Å². The standard InChI is InChI=1S/C14H30O3/c1-6-7-8-9-10-11-12-13(2)14(15-3,16-4)17-5/h13H,6-12H2,1-5H3. The minimum Gasteiger partial charge on any atom is -0.331 e. The van der Waals surface area contributed by atoms with E-state index >= 15 is 0 Å². The van der Waals surface area contributed by atoms with Gasteiger partial charge in [0.1, 0.15) is 0 Å². The average molecular weight is 246 g/mol. The van der Waals surface area contributed by atoms with E-state index in [9.17, 15) is 0 Å². The molecule has 104 valence electrons. The van der Waals surface area contributed by atoms with Gasteiger partial charge in [-0.2, -0.15) is 0 Å². The Morgan fingerprint density at radius 3 is 1.76 bits per heavy atom. The molecule has 0 N–H and O–H groups in total. The summed E-state index contributed by atoms with van der Waals surface area (Å²) in [6, 6.07) is 0. The molecule has 0 aliphatic carbocycles. The van der Waals surface area contributed by atoms with Gasteiger partial charge in [-0.25, -0.2) is 0 Å². The molecule has 0 rings (SSSR count). The molecule has 1 atom stereocenters. The molecule has 0 heterocycles. The molecule has 0 bridgehead atoms. The van der Waals surface area contributed by atoms with Crippen LogP contribution in [0, 0.1) is 5.92 Å². The Balaban J connectivity index is 3.79. The first kappa shape index (κ1) is 16.9. The van der Waals surface area contributed by atoms with Crippen LogP contribution in [0.5, 0.6) is 0 Å². The van der Waals surface area contributed by atoms with Crippen LogP contribution in [0.15, 0.2) is 0 Å². The second kappa shape index (κ2) is 9.86. The van der Waals surface area contributed by atoms with Crippen LogP contribution in [0.4, 0.5) is 0 Å². The van der Waals surface area contributed by atoms with Crippen LogP contribution in [-0.4, -0.2) is 27.3 Å². The fourth-order valence-corrected chi connectivity index (χ4v) is 2.26. The third kappa shape index (κ3) is 5.84. The second-order valence-electron chi connectivity index (χ2n) is 4.67. The number of unbranched alkanes of at least 4 members (excludes halogenated alkanes) is 5. The van der Waals surface area contributed by atoms with Gasteiger partial charge >= 0.3 is 0 Å². The molecule has 1 unspecified atom stereocenters. The van der Waals surface area contributed by atoms with Gasteiger partial charge in [0.2, 0.25) is 0 Å². The summed E-state index contributed by atoms with van der Waals surface area (Å²) in [5.41, 5.74) is 0. The van der Waals surface area contributed by atoms with Gasteiger partial charge < -0.3 is 14.2 Å². The Kier molecular flexibility index (Phi) is 9.79. The zero-order valence-corrected chi connectivity index (χ0v) is 12.3. The summed E-state index contributed by atoms with van der Waals surface area (Å²) in [5.74, 6) is -0.627. The van der Waals surface area contributed by atoms with Crippen molar-refractivity contribution < 1.29 is 14.2 Å². The summed E-state index contributed by atoms with van der Waals surface area (Å²) in [4.78, 5) is 0. The van der Waals surface area contributed by atoms with Crippen molar-refractivity contribution in [1.82, 2.24) is 0 Å². The molecule has 0 amide bonds. The lowest BCUT2D eigenvalue weighted by molar-refractivity contribution is -0.377. The molecule has 0 radical (unpaired) electrons. The highest BCUT2D eigenvalue weighted by molar-refractivity contribution is 4.66. The van der Waals surface area contributed by atoms with Crippen molar-refractivity contribution in [2.45, 2.75) is 64.8 Å². The van der Waals surface area contributed by atoms with Gasteiger partial charge in [0.25, 0.3) is 5.97 Å². The van der Waals surface area contributed by atoms with Crippen LogP contribution in [-0.2, 0) is 14.2 Å². The molecule has 0 aliphatic heterocycles. The quantitative estimate of drug-likeness (QED) is 0.408. The van der Waals surface area contributed by atoms with E-state index in [1.807, 2.05) is 0 Å². The van der Waals surface area contributed by atoms with E-state index < -0.39 is 5.97 Å². The van der Waals surface area contributed by atoms with E-state index in [1.165, 1.54) is 38.5 Å². The van der Waals surface area contributed by atoms with Crippen LogP contribution in [0.2, 0.25) is 0 Å². The smallest absolute Gasteiger partial charge is 0.284 e. The van der Waals surface area contributed by atoms with Crippen molar-refractivity contribution in [2.75, 3.05) is 21.3 Å². The molecule has 0 spiro atoms. The van der Waals surface area contributed by atoms with E-state index in [0.29, 0.717) is 0 Å². The monoisotopic (exact) mass is 246 g/mol. The lowest BCUT2D eigenvalue weighted by Crippen LogP contribution is -2.42. The highest BCUT2D eigenvalue weighted by atomic mass is 16.9. The molecule has 0 aromatic carbocycles. The molecule has 0 aromatic rings. The number of hydrogen-bond donors (Lipinski definition) is 0. The van der Waals surface area contributed by atoms with E-state index in [1.54, 1.807) is 21.3 Å². The molecule has 0 aromatic heterocycles. The zero-order chi connectivity index (χ0) is 13.1. The lowest BCUT2D eigenvalue weighted by Gasteiger charge is -2.34. The number of rotatable bonds is 11. The minimum absolute atomic E-state index is 0.244. The van der Waals surface area contributed by atoms with Gasteiger partial charge in [-0.1, -0.05) is 52.4 Å². The summed E-state index contributed by atoms with van der Waals surface area (Å²) in [5, 5.41) is 0. The Labute approximate surface area is 107 Å². The molecule has 0 aliphatic rings. The normalized spacial score (nSPS) is 13.9. The van der Waals surface area contributed by atoms with Crippen LogP contribution < -0.4 is 0 Å². The van der Waals surface area contributed by atoms with E-state index in [-0.39, 0.29) is 5.92 Å². The van der Waals surface area contributed by atoms with Crippen molar-refractivity contribution in [3.05, 3.63) is 0 Å². The summed E-state index contributed by atoms with van der Waals surface area (Å²) in [6.45, 7) is 4.36. The van der Waals surface area contributed by atoms with Gasteiger partial charge in [-0.15, -0.1) is 0 Å². The van der Waals surface area contributed by atoms with Crippen molar-refractivity contribution in [2.24, 2.45) is 5.92 Å². The largest absolute Gasteiger partial charge is 0.331 e. The summed E-state index contributed by atoms with van der Waals surface area (Å²) < 4.78 is 16.0. The third-order valence-electron chi connectivity index (χ3n) is 3.45. The minimum atomic E-state index is -0.872. The van der Waals surface area contributed by atoms with Crippen molar-refractivity contribution in [1.29, 1.82) is 0 Å². The Morgan fingerprint density at radius 2 is 1.29 bits per heavy atom. The van der Waals surface area contributed by atoms with Gasteiger partial charge in [0.15, 0.2) is 0 Å². The van der Waals surface area contributed by atoms with Crippen LogP contribution in [0.1, 0.15) is 58.8 Å². The summed E-state index contributed by atoms with van der Waals surface area (Å²) in [7, 11) is 4.89. The molecular formula is C14H30O3. The molecule has 3 nitrogen and oxygen atoms in total. The van der Waals surface area contributed by atoms with Gasteiger partial charge in [-0.05, 0) is 6.42 Å². The first-order valence-electron chi connectivity index (χ1n) is 6.82. The molecule has 0 saturated heterocycles. The second-order valence-corrected chi connectivity index (χ2v) is 4.67. The van der Waals surface area contributed by atoms with Gasteiger partial charge in [0, 0.05) is 27.2 Å². The van der Waals surface area contributed by atoms with E-state index in [0.717, 1.165) is 6.42 Å².